The third-order valence-electron chi connectivity index (χ3n) is 6.40. The molecular formula is C19H35N3O2. The molecule has 3 fully saturated rings. The lowest BCUT2D eigenvalue weighted by Crippen LogP contribution is -2.71. The van der Waals surface area contributed by atoms with Crippen LogP contribution in [0.5, 0.6) is 0 Å². The molecule has 2 aliphatic heterocycles. The maximum Gasteiger partial charge on any atom is 0.193 e. The summed E-state index contributed by atoms with van der Waals surface area (Å²) in [5.74, 6) is 2.47. The Balaban J connectivity index is 1.52. The van der Waals surface area contributed by atoms with Gasteiger partial charge < -0.3 is 19.7 Å². The fourth-order valence-corrected chi connectivity index (χ4v) is 4.82. The minimum atomic E-state index is 0.183. The van der Waals surface area contributed by atoms with Crippen molar-refractivity contribution in [2.75, 3.05) is 40.5 Å². The van der Waals surface area contributed by atoms with Crippen molar-refractivity contribution in [1.82, 2.24) is 10.2 Å². The molecule has 0 aromatic carbocycles. The van der Waals surface area contributed by atoms with Gasteiger partial charge in [-0.25, -0.2) is 0 Å². The van der Waals surface area contributed by atoms with Gasteiger partial charge in [-0.05, 0) is 38.0 Å². The average molecular weight is 338 g/mol. The minimum absolute atomic E-state index is 0.183. The minimum Gasteiger partial charge on any atom is -0.381 e. The summed E-state index contributed by atoms with van der Waals surface area (Å²) in [7, 11) is 4.06. The third kappa shape index (κ3) is 3.57. The van der Waals surface area contributed by atoms with Gasteiger partial charge in [0.15, 0.2) is 5.96 Å². The predicted octanol–water partition coefficient (Wildman–Crippen LogP) is 2.51. The van der Waals surface area contributed by atoms with E-state index in [1.807, 2.05) is 7.05 Å². The molecule has 0 bridgehead atoms. The largest absolute Gasteiger partial charge is 0.381 e. The van der Waals surface area contributed by atoms with Gasteiger partial charge in [-0.3, -0.25) is 4.99 Å². The number of nitrogens with zero attached hydrogens (tertiary/aromatic N) is 2. The highest BCUT2D eigenvalue weighted by Crippen LogP contribution is 2.51. The fourth-order valence-electron chi connectivity index (χ4n) is 4.82. The summed E-state index contributed by atoms with van der Waals surface area (Å²) in [4.78, 5) is 6.84. The molecule has 3 aliphatic rings. The Morgan fingerprint density at radius 2 is 1.96 bits per heavy atom. The van der Waals surface area contributed by atoms with E-state index in [-0.39, 0.29) is 5.41 Å². The molecule has 2 heterocycles. The number of hydrogen-bond donors (Lipinski definition) is 1. The summed E-state index contributed by atoms with van der Waals surface area (Å²) in [6.07, 6.45) is 6.51. The van der Waals surface area contributed by atoms with Crippen molar-refractivity contribution >= 4 is 5.96 Å². The van der Waals surface area contributed by atoms with Crippen molar-refractivity contribution in [1.29, 1.82) is 0 Å². The molecular weight excluding hydrogens is 302 g/mol. The summed E-state index contributed by atoms with van der Waals surface area (Å²) >= 11 is 0. The van der Waals surface area contributed by atoms with Crippen LogP contribution in [0.4, 0.5) is 0 Å². The lowest BCUT2D eigenvalue weighted by molar-refractivity contribution is -0.188. The molecule has 138 valence electrons. The molecule has 3 rings (SSSR count). The van der Waals surface area contributed by atoms with Crippen LogP contribution in [-0.2, 0) is 9.47 Å². The van der Waals surface area contributed by atoms with Crippen molar-refractivity contribution in [3.05, 3.63) is 0 Å². The zero-order valence-corrected chi connectivity index (χ0v) is 15.9. The van der Waals surface area contributed by atoms with Gasteiger partial charge in [0.05, 0.1) is 6.10 Å². The highest BCUT2D eigenvalue weighted by molar-refractivity contribution is 5.80. The second-order valence-corrected chi connectivity index (χ2v) is 8.35. The molecule has 24 heavy (non-hydrogen) atoms. The number of guanidine groups is 1. The number of nitrogens with one attached hydrogen (secondary N) is 1. The topological polar surface area (TPSA) is 46.1 Å². The predicted molar refractivity (Wildman–Crippen MR) is 97.3 cm³/mol. The second-order valence-electron chi connectivity index (χ2n) is 8.35. The Labute approximate surface area is 147 Å². The average Bonchev–Trinajstić information content (AvgIpc) is 2.61. The van der Waals surface area contributed by atoms with Gasteiger partial charge in [-0.2, -0.15) is 0 Å². The first-order chi connectivity index (χ1) is 11.5. The van der Waals surface area contributed by atoms with E-state index >= 15 is 0 Å². The van der Waals surface area contributed by atoms with E-state index in [4.69, 9.17) is 9.47 Å². The summed E-state index contributed by atoms with van der Waals surface area (Å²) < 4.78 is 11.5. The van der Waals surface area contributed by atoms with Crippen LogP contribution in [0.2, 0.25) is 0 Å². The van der Waals surface area contributed by atoms with E-state index in [0.717, 1.165) is 38.2 Å². The van der Waals surface area contributed by atoms with Gasteiger partial charge in [0.25, 0.3) is 0 Å². The Morgan fingerprint density at radius 1 is 1.21 bits per heavy atom. The van der Waals surface area contributed by atoms with Gasteiger partial charge in [0.2, 0.25) is 0 Å². The Morgan fingerprint density at radius 3 is 2.67 bits per heavy atom. The Kier molecular flexibility index (Phi) is 5.70. The van der Waals surface area contributed by atoms with Crippen LogP contribution in [0.15, 0.2) is 4.99 Å². The lowest BCUT2D eigenvalue weighted by atomic mass is 9.55. The van der Waals surface area contributed by atoms with Crippen LogP contribution in [-0.4, -0.2) is 63.5 Å². The number of ether oxygens (including phenoxy) is 2. The molecule has 3 unspecified atom stereocenters. The van der Waals surface area contributed by atoms with E-state index < -0.39 is 0 Å². The molecule has 0 aromatic heterocycles. The van der Waals surface area contributed by atoms with Crippen LogP contribution < -0.4 is 5.32 Å². The number of hydrogen-bond acceptors (Lipinski definition) is 3. The van der Waals surface area contributed by atoms with Crippen LogP contribution in [0, 0.1) is 17.3 Å². The quantitative estimate of drug-likeness (QED) is 0.632. The van der Waals surface area contributed by atoms with E-state index in [0.29, 0.717) is 18.1 Å². The van der Waals surface area contributed by atoms with E-state index in [1.54, 1.807) is 0 Å². The monoisotopic (exact) mass is 337 g/mol. The molecule has 0 amide bonds. The van der Waals surface area contributed by atoms with Crippen molar-refractivity contribution < 1.29 is 9.47 Å². The zero-order chi connectivity index (χ0) is 17.2. The Bertz CT molecular complexity index is 446. The molecule has 1 saturated carbocycles. The highest BCUT2D eigenvalue weighted by Gasteiger charge is 2.58. The van der Waals surface area contributed by atoms with Gasteiger partial charge in [-0.15, -0.1) is 0 Å². The van der Waals surface area contributed by atoms with Gasteiger partial charge >= 0.3 is 0 Å². The fraction of sp³-hybridized carbons (Fsp3) is 0.947. The third-order valence-corrected chi connectivity index (χ3v) is 6.40. The molecule has 0 radical (unpaired) electrons. The van der Waals surface area contributed by atoms with Crippen molar-refractivity contribution in [3.63, 3.8) is 0 Å². The van der Waals surface area contributed by atoms with Crippen molar-refractivity contribution in [2.24, 2.45) is 22.2 Å². The molecule has 2 saturated heterocycles. The highest BCUT2D eigenvalue weighted by atomic mass is 16.5. The summed E-state index contributed by atoms with van der Waals surface area (Å²) in [6, 6.07) is 0.465. The normalized spacial score (nSPS) is 33.5. The van der Waals surface area contributed by atoms with Crippen molar-refractivity contribution in [2.45, 2.75) is 58.1 Å². The summed E-state index contributed by atoms with van der Waals surface area (Å²) in [6.45, 7) is 8.50. The van der Waals surface area contributed by atoms with Crippen molar-refractivity contribution in [3.8, 4) is 0 Å². The summed E-state index contributed by atoms with van der Waals surface area (Å²) in [5.41, 5.74) is 0.183. The lowest BCUT2D eigenvalue weighted by Gasteiger charge is -2.60. The second kappa shape index (κ2) is 7.61. The van der Waals surface area contributed by atoms with Crippen LogP contribution in [0.25, 0.3) is 0 Å². The van der Waals surface area contributed by atoms with Crippen LogP contribution in [0.3, 0.4) is 0 Å². The smallest absolute Gasteiger partial charge is 0.193 e. The van der Waals surface area contributed by atoms with Gasteiger partial charge in [0.1, 0.15) is 0 Å². The number of rotatable bonds is 4. The Hall–Kier alpha value is -0.810. The molecule has 0 aromatic rings. The van der Waals surface area contributed by atoms with E-state index in [1.165, 1.54) is 32.1 Å². The van der Waals surface area contributed by atoms with Gasteiger partial charge in [0, 0.05) is 57.8 Å². The van der Waals surface area contributed by atoms with E-state index in [9.17, 15) is 0 Å². The first kappa shape index (κ1) is 18.0. The first-order valence-corrected chi connectivity index (χ1v) is 9.68. The van der Waals surface area contributed by atoms with E-state index in [2.05, 4.69) is 36.1 Å². The number of fused-ring (bicyclic) bond motifs is 1. The standard InChI is InChI=1S/C19H35N3O2/c1-19(2)16(15-6-5-11-24-17(15)19)21-18(20-3)22(4)10-7-14-8-12-23-13-9-14/h14-17H,5-13H2,1-4H3,(H,20,21). The first-order valence-electron chi connectivity index (χ1n) is 9.68. The molecule has 0 spiro atoms. The van der Waals surface area contributed by atoms with Crippen LogP contribution >= 0.6 is 0 Å². The molecule has 1 aliphatic carbocycles. The zero-order valence-electron chi connectivity index (χ0n) is 15.9. The SMILES string of the molecule is CN=C(NC1C2CCCOC2C1(C)C)N(C)CCC1CCOCC1. The maximum atomic E-state index is 6.02. The van der Waals surface area contributed by atoms with Crippen LogP contribution in [0.1, 0.15) is 46.0 Å². The molecule has 5 nitrogen and oxygen atoms in total. The molecule has 3 atom stereocenters. The number of aliphatic imine (C=N–C) groups is 1. The molecule has 5 heteroatoms. The van der Waals surface area contributed by atoms with Gasteiger partial charge in [-0.1, -0.05) is 13.8 Å². The molecule has 1 N–H and O–H groups in total. The summed E-state index contributed by atoms with van der Waals surface area (Å²) in [5, 5.41) is 3.75. The maximum absolute atomic E-state index is 6.02.